The van der Waals surface area contributed by atoms with Crippen molar-refractivity contribution in [2.45, 2.75) is 26.2 Å². The van der Waals surface area contributed by atoms with Gasteiger partial charge in [0, 0.05) is 5.41 Å². The molecule has 0 radical (unpaired) electrons. The highest BCUT2D eigenvalue weighted by atomic mass is 32.2. The Hall–Kier alpha value is -1.73. The van der Waals surface area contributed by atoms with Gasteiger partial charge in [0.1, 0.15) is 5.01 Å². The first-order valence-electron chi connectivity index (χ1n) is 6.36. The van der Waals surface area contributed by atoms with Crippen molar-refractivity contribution in [3.8, 4) is 0 Å². The topological polar surface area (TPSA) is 72.0 Å². The zero-order chi connectivity index (χ0) is 15.5. The van der Waals surface area contributed by atoms with Gasteiger partial charge in [0.15, 0.2) is 0 Å². The van der Waals surface area contributed by atoms with Gasteiger partial charge in [-0.25, -0.2) is 8.42 Å². The van der Waals surface area contributed by atoms with E-state index in [4.69, 9.17) is 0 Å². The fourth-order valence-electron chi connectivity index (χ4n) is 1.46. The largest absolute Gasteiger partial charge is 0.256 e. The fourth-order valence-corrected chi connectivity index (χ4v) is 3.31. The molecular weight excluding hydrogens is 306 g/mol. The summed E-state index contributed by atoms with van der Waals surface area (Å²) in [5, 5.41) is 10.1. The van der Waals surface area contributed by atoms with Crippen molar-refractivity contribution in [3.05, 3.63) is 46.3 Å². The zero-order valence-electron chi connectivity index (χ0n) is 12.1. The van der Waals surface area contributed by atoms with E-state index in [9.17, 15) is 8.42 Å². The maximum absolute atomic E-state index is 12.0. The number of hydrogen-bond donors (Lipinski definition) is 1. The monoisotopic (exact) mass is 323 g/mol. The Kier molecular flexibility index (Phi) is 4.43. The molecular formula is C14H17N3O2S2. The summed E-state index contributed by atoms with van der Waals surface area (Å²) in [5.74, 6) is 0. The highest BCUT2D eigenvalue weighted by Crippen LogP contribution is 2.28. The van der Waals surface area contributed by atoms with Gasteiger partial charge in [0.25, 0.3) is 10.0 Å². The van der Waals surface area contributed by atoms with Gasteiger partial charge in [-0.1, -0.05) is 62.4 Å². The normalized spacial score (nSPS) is 12.7. The van der Waals surface area contributed by atoms with Crippen LogP contribution in [0.15, 0.2) is 35.7 Å². The Morgan fingerprint density at radius 2 is 1.81 bits per heavy atom. The van der Waals surface area contributed by atoms with Crippen LogP contribution in [0, 0.1) is 0 Å². The van der Waals surface area contributed by atoms with Crippen LogP contribution in [0.1, 0.15) is 31.3 Å². The second-order valence-corrected chi connectivity index (χ2v) is 8.07. The Labute approximate surface area is 128 Å². The third kappa shape index (κ3) is 4.64. The van der Waals surface area contributed by atoms with Gasteiger partial charge >= 0.3 is 0 Å². The number of nitrogens with one attached hydrogen (secondary N) is 1. The molecule has 0 saturated carbocycles. The number of benzene rings is 1. The molecule has 0 fully saturated rings. The highest BCUT2D eigenvalue weighted by Gasteiger charge is 2.20. The van der Waals surface area contributed by atoms with Gasteiger partial charge in [-0.05, 0) is 11.6 Å². The van der Waals surface area contributed by atoms with Crippen LogP contribution < -0.4 is 4.72 Å². The van der Waals surface area contributed by atoms with E-state index in [-0.39, 0.29) is 10.5 Å². The summed E-state index contributed by atoms with van der Waals surface area (Å²) in [6.45, 7) is 6.00. The molecule has 2 rings (SSSR count). The molecule has 7 heteroatoms. The Bertz CT molecular complexity index is 729. The molecule has 0 aliphatic rings. The highest BCUT2D eigenvalue weighted by molar-refractivity contribution is 7.95. The lowest BCUT2D eigenvalue weighted by Crippen LogP contribution is -2.10. The molecule has 112 valence electrons. The Morgan fingerprint density at radius 1 is 1.14 bits per heavy atom. The molecule has 21 heavy (non-hydrogen) atoms. The van der Waals surface area contributed by atoms with Gasteiger partial charge in [-0.15, -0.1) is 10.2 Å². The number of hydrogen-bond acceptors (Lipinski definition) is 5. The SMILES string of the molecule is CC(C)(C)c1nnc(NS(=O)(=O)/C=C/c2ccccc2)s1. The van der Waals surface area contributed by atoms with E-state index >= 15 is 0 Å². The third-order valence-corrected chi connectivity index (χ3v) is 4.90. The van der Waals surface area contributed by atoms with Crippen LogP contribution >= 0.6 is 11.3 Å². The molecule has 0 spiro atoms. The van der Waals surface area contributed by atoms with E-state index < -0.39 is 10.0 Å². The summed E-state index contributed by atoms with van der Waals surface area (Å²) in [7, 11) is -3.59. The second-order valence-electron chi connectivity index (χ2n) is 5.52. The number of nitrogens with zero attached hydrogens (tertiary/aromatic N) is 2. The quantitative estimate of drug-likeness (QED) is 0.937. The number of rotatable bonds is 4. The third-order valence-electron chi connectivity index (χ3n) is 2.54. The molecule has 0 amide bonds. The van der Waals surface area contributed by atoms with Crippen molar-refractivity contribution in [2.24, 2.45) is 0 Å². The van der Waals surface area contributed by atoms with E-state index in [1.807, 2.05) is 51.1 Å². The first-order valence-corrected chi connectivity index (χ1v) is 8.72. The Balaban J connectivity index is 2.11. The second kappa shape index (κ2) is 5.95. The van der Waals surface area contributed by atoms with Crippen molar-refractivity contribution in [1.82, 2.24) is 10.2 Å². The summed E-state index contributed by atoms with van der Waals surface area (Å²) < 4.78 is 26.4. The minimum Gasteiger partial charge on any atom is -0.254 e. The first-order chi connectivity index (χ1) is 9.76. The number of aromatic nitrogens is 2. The van der Waals surface area contributed by atoms with Crippen LogP contribution in [-0.2, 0) is 15.4 Å². The van der Waals surface area contributed by atoms with Gasteiger partial charge < -0.3 is 0 Å². The molecule has 1 heterocycles. The summed E-state index contributed by atoms with van der Waals surface area (Å²) in [6, 6.07) is 9.23. The summed E-state index contributed by atoms with van der Waals surface area (Å²) in [4.78, 5) is 0. The molecule has 5 nitrogen and oxygen atoms in total. The molecule has 0 aliphatic carbocycles. The molecule has 1 N–H and O–H groups in total. The molecule has 1 aromatic carbocycles. The number of sulfonamides is 1. The minimum atomic E-state index is -3.59. The van der Waals surface area contributed by atoms with Crippen LogP contribution in [0.2, 0.25) is 0 Å². The van der Waals surface area contributed by atoms with Crippen molar-refractivity contribution in [1.29, 1.82) is 0 Å². The van der Waals surface area contributed by atoms with E-state index in [1.54, 1.807) is 0 Å². The van der Waals surface area contributed by atoms with Gasteiger partial charge in [-0.2, -0.15) is 0 Å². The number of anilines is 1. The lowest BCUT2D eigenvalue weighted by molar-refractivity contribution is 0.578. The molecule has 0 aliphatic heterocycles. The maximum Gasteiger partial charge on any atom is 0.256 e. The summed E-state index contributed by atoms with van der Waals surface area (Å²) in [6.07, 6.45) is 1.54. The maximum atomic E-state index is 12.0. The standard InChI is InChI=1S/C14H17N3O2S2/c1-14(2,3)12-15-16-13(20-12)17-21(18,19)10-9-11-7-5-4-6-8-11/h4-10H,1-3H3,(H,16,17)/b10-9+. The van der Waals surface area contributed by atoms with Crippen molar-refractivity contribution in [2.75, 3.05) is 4.72 Å². The van der Waals surface area contributed by atoms with Crippen molar-refractivity contribution in [3.63, 3.8) is 0 Å². The average molecular weight is 323 g/mol. The van der Waals surface area contributed by atoms with Crippen LogP contribution in [0.4, 0.5) is 5.13 Å². The Morgan fingerprint density at radius 3 is 2.38 bits per heavy atom. The summed E-state index contributed by atoms with van der Waals surface area (Å²) >= 11 is 1.24. The van der Waals surface area contributed by atoms with Crippen molar-refractivity contribution < 1.29 is 8.42 Å². The van der Waals surface area contributed by atoms with Gasteiger partial charge in [0.2, 0.25) is 5.13 Å². The predicted octanol–water partition coefficient (Wildman–Crippen LogP) is 3.25. The van der Waals surface area contributed by atoms with Crippen LogP contribution in [0.5, 0.6) is 0 Å². The van der Waals surface area contributed by atoms with Crippen molar-refractivity contribution >= 4 is 32.6 Å². The molecule has 0 saturated heterocycles. The lowest BCUT2D eigenvalue weighted by atomic mass is 9.98. The van der Waals surface area contributed by atoms with Crippen LogP contribution in [-0.4, -0.2) is 18.6 Å². The van der Waals surface area contributed by atoms with Gasteiger partial charge in [-0.3, -0.25) is 4.72 Å². The van der Waals surface area contributed by atoms with E-state index in [1.165, 1.54) is 17.4 Å². The van der Waals surface area contributed by atoms with E-state index in [0.717, 1.165) is 16.0 Å². The fraction of sp³-hybridized carbons (Fsp3) is 0.286. The molecule has 0 bridgehead atoms. The smallest absolute Gasteiger partial charge is 0.254 e. The van der Waals surface area contributed by atoms with Crippen LogP contribution in [0.3, 0.4) is 0 Å². The van der Waals surface area contributed by atoms with E-state index in [0.29, 0.717) is 0 Å². The van der Waals surface area contributed by atoms with Gasteiger partial charge in [0.05, 0.1) is 5.41 Å². The molecule has 0 atom stereocenters. The first kappa shape index (κ1) is 15.7. The van der Waals surface area contributed by atoms with Crippen LogP contribution in [0.25, 0.3) is 6.08 Å². The summed E-state index contributed by atoms with van der Waals surface area (Å²) in [5.41, 5.74) is 0.664. The van der Waals surface area contributed by atoms with E-state index in [2.05, 4.69) is 14.9 Å². The average Bonchev–Trinajstić information content (AvgIpc) is 2.85. The lowest BCUT2D eigenvalue weighted by Gasteiger charge is -2.12. The molecule has 1 aromatic heterocycles. The minimum absolute atomic E-state index is 0.152. The molecule has 2 aromatic rings. The zero-order valence-corrected chi connectivity index (χ0v) is 13.7. The predicted molar refractivity (Wildman–Crippen MR) is 86.6 cm³/mol. The molecule has 0 unspecified atom stereocenters.